The Hall–Kier alpha value is -1.81. The largest absolute Gasteiger partial charge is 0.461 e. The molecule has 1 aromatic carbocycles. The number of nitrogens with two attached hydrogens (primary N) is 1. The number of aryl methyl sites for hydroxylation is 1. The van der Waals surface area contributed by atoms with E-state index in [0.717, 1.165) is 22.3 Å². The molecule has 0 saturated carbocycles. The van der Waals surface area contributed by atoms with Crippen LogP contribution in [0.1, 0.15) is 25.2 Å². The lowest BCUT2D eigenvalue weighted by atomic mass is 10.0. The van der Waals surface area contributed by atoms with Gasteiger partial charge in [-0.25, -0.2) is 0 Å². The van der Waals surface area contributed by atoms with Gasteiger partial charge in [-0.2, -0.15) is 0 Å². The summed E-state index contributed by atoms with van der Waals surface area (Å²) in [7, 11) is 0. The van der Waals surface area contributed by atoms with Gasteiger partial charge in [0.2, 0.25) is 5.91 Å². The fourth-order valence-corrected chi connectivity index (χ4v) is 1.84. The van der Waals surface area contributed by atoms with E-state index in [1.165, 1.54) is 0 Å². The highest BCUT2D eigenvalue weighted by atomic mass is 16.3. The smallest absolute Gasteiger partial charge is 0.237 e. The summed E-state index contributed by atoms with van der Waals surface area (Å²) in [5.41, 5.74) is 6.54. The fraction of sp³-hybridized carbons (Fsp3) is 0.357. The van der Waals surface area contributed by atoms with Crippen molar-refractivity contribution in [2.75, 3.05) is 0 Å². The van der Waals surface area contributed by atoms with E-state index in [-0.39, 0.29) is 5.91 Å². The Bertz CT molecular complexity index is 584. The molecule has 0 aliphatic heterocycles. The van der Waals surface area contributed by atoms with Crippen molar-refractivity contribution in [2.45, 2.75) is 32.9 Å². The second kappa shape index (κ2) is 4.46. The fourth-order valence-electron chi connectivity index (χ4n) is 1.84. The number of para-hydroxylation sites is 1. The molecule has 0 spiro atoms. The van der Waals surface area contributed by atoms with Crippen LogP contribution in [0.3, 0.4) is 0 Å². The third-order valence-electron chi connectivity index (χ3n) is 3.22. The molecule has 0 bridgehead atoms. The van der Waals surface area contributed by atoms with Crippen LogP contribution < -0.4 is 11.1 Å². The van der Waals surface area contributed by atoms with Crippen molar-refractivity contribution >= 4 is 16.9 Å². The summed E-state index contributed by atoms with van der Waals surface area (Å²) in [5.74, 6) is 0.497. The van der Waals surface area contributed by atoms with E-state index in [1.807, 2.05) is 31.2 Å². The topological polar surface area (TPSA) is 68.3 Å². The maximum Gasteiger partial charge on any atom is 0.237 e. The summed E-state index contributed by atoms with van der Waals surface area (Å²) in [5, 5.41) is 4.23. The average Bonchev–Trinajstić information content (AvgIpc) is 2.62. The summed E-state index contributed by atoms with van der Waals surface area (Å²) >= 11 is 0. The summed E-state index contributed by atoms with van der Waals surface area (Å²) < 4.78 is 5.67. The average molecular weight is 246 g/mol. The monoisotopic (exact) mass is 246 g/mol. The van der Waals surface area contributed by atoms with Crippen LogP contribution in [0.2, 0.25) is 0 Å². The molecule has 4 nitrogen and oxygen atoms in total. The maximum absolute atomic E-state index is 11.3. The van der Waals surface area contributed by atoms with Gasteiger partial charge in [-0.15, -0.1) is 0 Å². The van der Waals surface area contributed by atoms with Crippen LogP contribution in [0.15, 0.2) is 28.7 Å². The first-order valence-corrected chi connectivity index (χ1v) is 5.94. The van der Waals surface area contributed by atoms with Gasteiger partial charge in [0, 0.05) is 17.5 Å². The molecule has 0 aliphatic rings. The van der Waals surface area contributed by atoms with E-state index in [9.17, 15) is 4.79 Å². The molecule has 2 aromatic rings. The molecule has 0 fully saturated rings. The number of rotatable bonds is 4. The molecule has 96 valence electrons. The van der Waals surface area contributed by atoms with Crippen LogP contribution in [0.25, 0.3) is 11.0 Å². The van der Waals surface area contributed by atoms with E-state index in [1.54, 1.807) is 13.8 Å². The van der Waals surface area contributed by atoms with Gasteiger partial charge in [0.05, 0.1) is 5.54 Å². The summed E-state index contributed by atoms with van der Waals surface area (Å²) in [6.45, 7) is 6.02. The molecule has 1 heterocycles. The van der Waals surface area contributed by atoms with Crippen molar-refractivity contribution in [2.24, 2.45) is 5.73 Å². The number of benzene rings is 1. The number of primary amides is 1. The van der Waals surface area contributed by atoms with Crippen LogP contribution >= 0.6 is 0 Å². The first kappa shape index (κ1) is 12.6. The van der Waals surface area contributed by atoms with E-state index < -0.39 is 5.54 Å². The molecule has 1 aromatic heterocycles. The van der Waals surface area contributed by atoms with Gasteiger partial charge in [0.15, 0.2) is 0 Å². The Balaban J connectivity index is 2.27. The van der Waals surface area contributed by atoms with Crippen LogP contribution in [0.5, 0.6) is 0 Å². The van der Waals surface area contributed by atoms with Crippen LogP contribution in [0, 0.1) is 6.92 Å². The standard InChI is InChI=1S/C14H18N2O2/c1-9-11(8-16-14(2,3)13(15)17)10-6-4-5-7-12(10)18-9/h4-7,16H,8H2,1-3H3,(H2,15,17). The third kappa shape index (κ3) is 2.24. The van der Waals surface area contributed by atoms with E-state index >= 15 is 0 Å². The van der Waals surface area contributed by atoms with Gasteiger partial charge in [0.25, 0.3) is 0 Å². The maximum atomic E-state index is 11.3. The summed E-state index contributed by atoms with van der Waals surface area (Å²) in [6, 6.07) is 7.86. The number of carbonyl (C=O) groups excluding carboxylic acids is 1. The molecular formula is C14H18N2O2. The number of nitrogens with one attached hydrogen (secondary N) is 1. The molecule has 4 heteroatoms. The van der Waals surface area contributed by atoms with Gasteiger partial charge in [-0.3, -0.25) is 10.1 Å². The zero-order chi connectivity index (χ0) is 13.3. The lowest BCUT2D eigenvalue weighted by Gasteiger charge is -2.22. The van der Waals surface area contributed by atoms with E-state index in [4.69, 9.17) is 10.2 Å². The van der Waals surface area contributed by atoms with Gasteiger partial charge < -0.3 is 10.2 Å². The first-order chi connectivity index (χ1) is 8.42. The molecule has 0 radical (unpaired) electrons. The zero-order valence-corrected chi connectivity index (χ0v) is 10.9. The number of carbonyl (C=O) groups is 1. The van der Waals surface area contributed by atoms with Crippen LogP contribution in [-0.4, -0.2) is 11.4 Å². The van der Waals surface area contributed by atoms with Gasteiger partial charge >= 0.3 is 0 Å². The second-order valence-corrected chi connectivity index (χ2v) is 4.98. The molecule has 0 aliphatic carbocycles. The summed E-state index contributed by atoms with van der Waals surface area (Å²) in [4.78, 5) is 11.3. The molecule has 0 atom stereocenters. The Labute approximate surface area is 106 Å². The second-order valence-electron chi connectivity index (χ2n) is 4.98. The number of fused-ring (bicyclic) bond motifs is 1. The zero-order valence-electron chi connectivity index (χ0n) is 10.9. The highest BCUT2D eigenvalue weighted by molar-refractivity contribution is 5.84. The molecule has 2 rings (SSSR count). The lowest BCUT2D eigenvalue weighted by molar-refractivity contribution is -0.123. The lowest BCUT2D eigenvalue weighted by Crippen LogP contribution is -2.50. The number of furan rings is 1. The van der Waals surface area contributed by atoms with Crippen LogP contribution in [-0.2, 0) is 11.3 Å². The van der Waals surface area contributed by atoms with Gasteiger partial charge in [0.1, 0.15) is 11.3 Å². The van der Waals surface area contributed by atoms with E-state index in [2.05, 4.69) is 5.32 Å². The van der Waals surface area contributed by atoms with Crippen molar-refractivity contribution in [3.63, 3.8) is 0 Å². The van der Waals surface area contributed by atoms with Crippen molar-refractivity contribution in [1.29, 1.82) is 0 Å². The predicted molar refractivity (Wildman–Crippen MR) is 71.1 cm³/mol. The van der Waals surface area contributed by atoms with Gasteiger partial charge in [-0.1, -0.05) is 18.2 Å². The molecule has 0 saturated heterocycles. The number of hydrogen-bond donors (Lipinski definition) is 2. The van der Waals surface area contributed by atoms with Crippen LogP contribution in [0.4, 0.5) is 0 Å². The normalized spacial score (nSPS) is 11.9. The van der Waals surface area contributed by atoms with Crippen molar-refractivity contribution < 1.29 is 9.21 Å². The Morgan fingerprint density at radius 2 is 2.06 bits per heavy atom. The Kier molecular flexibility index (Phi) is 3.13. The van der Waals surface area contributed by atoms with Gasteiger partial charge in [-0.05, 0) is 26.8 Å². The highest BCUT2D eigenvalue weighted by Crippen LogP contribution is 2.25. The molecule has 1 amide bonds. The Morgan fingerprint density at radius 3 is 2.72 bits per heavy atom. The quantitative estimate of drug-likeness (QED) is 0.868. The first-order valence-electron chi connectivity index (χ1n) is 5.94. The highest BCUT2D eigenvalue weighted by Gasteiger charge is 2.24. The Morgan fingerprint density at radius 1 is 1.39 bits per heavy atom. The SMILES string of the molecule is Cc1oc2ccccc2c1CNC(C)(C)C(N)=O. The number of hydrogen-bond acceptors (Lipinski definition) is 3. The number of amides is 1. The minimum Gasteiger partial charge on any atom is -0.461 e. The minimum atomic E-state index is -0.731. The molecule has 18 heavy (non-hydrogen) atoms. The third-order valence-corrected chi connectivity index (χ3v) is 3.22. The van der Waals surface area contributed by atoms with Crippen molar-refractivity contribution in [3.05, 3.63) is 35.6 Å². The van der Waals surface area contributed by atoms with Crippen molar-refractivity contribution in [1.82, 2.24) is 5.32 Å². The van der Waals surface area contributed by atoms with E-state index in [0.29, 0.717) is 6.54 Å². The minimum absolute atomic E-state index is 0.368. The molecular weight excluding hydrogens is 228 g/mol. The molecule has 3 N–H and O–H groups in total. The summed E-state index contributed by atoms with van der Waals surface area (Å²) in [6.07, 6.45) is 0. The van der Waals surface area contributed by atoms with Crippen molar-refractivity contribution in [3.8, 4) is 0 Å². The predicted octanol–water partition coefficient (Wildman–Crippen LogP) is 2.09. The molecule has 0 unspecified atom stereocenters.